The predicted molar refractivity (Wildman–Crippen MR) is 67.4 cm³/mol. The Morgan fingerprint density at radius 3 is 2.76 bits per heavy atom. The molecule has 0 radical (unpaired) electrons. The van der Waals surface area contributed by atoms with Crippen LogP contribution in [0.5, 0.6) is 0 Å². The van der Waals surface area contributed by atoms with Crippen molar-refractivity contribution in [2.75, 3.05) is 31.7 Å². The summed E-state index contributed by atoms with van der Waals surface area (Å²) in [5, 5.41) is 0. The zero-order valence-electron chi connectivity index (χ0n) is 10.6. The second-order valence-electron chi connectivity index (χ2n) is 3.72. The van der Waals surface area contributed by atoms with Gasteiger partial charge in [0.05, 0.1) is 13.7 Å². The number of rotatable bonds is 5. The van der Waals surface area contributed by atoms with E-state index in [1.165, 1.54) is 12.7 Å². The van der Waals surface area contributed by atoms with E-state index >= 15 is 0 Å². The Labute approximate surface area is 102 Å². The van der Waals surface area contributed by atoms with Crippen molar-refractivity contribution in [1.82, 2.24) is 0 Å². The van der Waals surface area contributed by atoms with Crippen LogP contribution in [0, 0.1) is 6.92 Å². The summed E-state index contributed by atoms with van der Waals surface area (Å²) in [5.74, 6) is 0. The number of anilines is 1. The van der Waals surface area contributed by atoms with Gasteiger partial charge in [-0.2, -0.15) is 0 Å². The Kier molecular flexibility index (Phi) is 5.33. The fourth-order valence-electron chi connectivity index (χ4n) is 1.59. The molecule has 1 aromatic carbocycles. The lowest BCUT2D eigenvalue weighted by Gasteiger charge is -2.23. The number of likely N-dealkylation sites (N-methyl/N-ethyl adjacent to an activating group) is 1. The van der Waals surface area contributed by atoms with Crippen LogP contribution in [0.4, 0.5) is 10.5 Å². The molecule has 0 saturated carbocycles. The third kappa shape index (κ3) is 4.34. The molecule has 0 saturated heterocycles. The third-order valence-corrected chi connectivity index (χ3v) is 2.50. The minimum Gasteiger partial charge on any atom is -0.438 e. The fourth-order valence-corrected chi connectivity index (χ4v) is 1.59. The number of hydrogen-bond donors (Lipinski definition) is 0. The summed E-state index contributed by atoms with van der Waals surface area (Å²) in [4.78, 5) is 13.0. The highest BCUT2D eigenvalue weighted by molar-refractivity contribution is 5.59. The van der Waals surface area contributed by atoms with Crippen LogP contribution in [-0.4, -0.2) is 33.0 Å². The molecule has 1 rings (SSSR count). The molecule has 0 N–H and O–H groups in total. The molecule has 0 amide bonds. The quantitative estimate of drug-likeness (QED) is 0.738. The van der Waals surface area contributed by atoms with E-state index in [9.17, 15) is 4.79 Å². The van der Waals surface area contributed by atoms with Crippen molar-refractivity contribution in [2.45, 2.75) is 13.8 Å². The largest absolute Gasteiger partial charge is 0.508 e. The highest BCUT2D eigenvalue weighted by Gasteiger charge is 2.06. The molecule has 0 aliphatic rings. The summed E-state index contributed by atoms with van der Waals surface area (Å²) in [6, 6.07) is 8.24. The Morgan fingerprint density at radius 2 is 2.18 bits per heavy atom. The lowest BCUT2D eigenvalue weighted by molar-refractivity contribution is 0.0748. The average Bonchev–Trinajstić information content (AvgIpc) is 2.34. The van der Waals surface area contributed by atoms with E-state index in [1.807, 2.05) is 6.07 Å². The number of aryl methyl sites for hydroxylation is 1. The summed E-state index contributed by atoms with van der Waals surface area (Å²) in [5.41, 5.74) is 2.36. The van der Waals surface area contributed by atoms with Crippen molar-refractivity contribution in [3.05, 3.63) is 29.8 Å². The molecule has 1 aromatic rings. The van der Waals surface area contributed by atoms with E-state index in [-0.39, 0.29) is 0 Å². The van der Waals surface area contributed by atoms with Crippen molar-refractivity contribution < 1.29 is 14.3 Å². The van der Waals surface area contributed by atoms with Crippen LogP contribution in [0.3, 0.4) is 0 Å². The minimum absolute atomic E-state index is 0.328. The number of nitrogens with zero attached hydrogens (tertiary/aromatic N) is 1. The van der Waals surface area contributed by atoms with Crippen LogP contribution < -0.4 is 4.90 Å². The average molecular weight is 237 g/mol. The summed E-state index contributed by atoms with van der Waals surface area (Å²) in [7, 11) is 1.31. The maximum absolute atomic E-state index is 10.8. The second-order valence-corrected chi connectivity index (χ2v) is 3.72. The maximum Gasteiger partial charge on any atom is 0.508 e. The third-order valence-electron chi connectivity index (χ3n) is 2.50. The molecule has 4 heteroatoms. The number of hydrogen-bond acceptors (Lipinski definition) is 4. The number of carbonyl (C=O) groups excluding carboxylic acids is 1. The summed E-state index contributed by atoms with van der Waals surface area (Å²) in [6.07, 6.45) is -0.634. The summed E-state index contributed by atoms with van der Waals surface area (Å²) in [6.45, 7) is 5.99. The van der Waals surface area contributed by atoms with Gasteiger partial charge in [0.15, 0.2) is 0 Å². The molecule has 4 nitrogen and oxygen atoms in total. The molecule has 0 aliphatic carbocycles. The molecular formula is C13H19NO3. The molecule has 0 bridgehead atoms. The van der Waals surface area contributed by atoms with Gasteiger partial charge in [0.25, 0.3) is 0 Å². The molecular weight excluding hydrogens is 218 g/mol. The van der Waals surface area contributed by atoms with E-state index in [1.54, 1.807) is 0 Å². The van der Waals surface area contributed by atoms with Crippen LogP contribution in [0.1, 0.15) is 12.5 Å². The molecule has 0 fully saturated rings. The van der Waals surface area contributed by atoms with E-state index in [0.29, 0.717) is 13.2 Å². The van der Waals surface area contributed by atoms with Crippen LogP contribution >= 0.6 is 0 Å². The van der Waals surface area contributed by atoms with Crippen molar-refractivity contribution in [1.29, 1.82) is 0 Å². The minimum atomic E-state index is -0.634. The van der Waals surface area contributed by atoms with E-state index in [0.717, 1.165) is 12.2 Å². The van der Waals surface area contributed by atoms with E-state index in [2.05, 4.69) is 41.7 Å². The molecule has 17 heavy (non-hydrogen) atoms. The predicted octanol–water partition coefficient (Wildman–Crippen LogP) is 2.60. The topological polar surface area (TPSA) is 38.8 Å². The smallest absolute Gasteiger partial charge is 0.438 e. The normalized spacial score (nSPS) is 9.82. The lowest BCUT2D eigenvalue weighted by Crippen LogP contribution is -2.28. The van der Waals surface area contributed by atoms with Crippen LogP contribution in [-0.2, 0) is 9.47 Å². The van der Waals surface area contributed by atoms with Crippen molar-refractivity contribution in [2.24, 2.45) is 0 Å². The zero-order chi connectivity index (χ0) is 12.7. The van der Waals surface area contributed by atoms with Gasteiger partial charge in [-0.3, -0.25) is 0 Å². The molecule has 0 atom stereocenters. The Morgan fingerprint density at radius 1 is 1.41 bits per heavy atom. The first-order valence-electron chi connectivity index (χ1n) is 5.69. The van der Waals surface area contributed by atoms with Crippen LogP contribution in [0.25, 0.3) is 0 Å². The Bertz CT molecular complexity index is 365. The van der Waals surface area contributed by atoms with Gasteiger partial charge in [-0.05, 0) is 31.5 Å². The van der Waals surface area contributed by atoms with Crippen LogP contribution in [0.2, 0.25) is 0 Å². The van der Waals surface area contributed by atoms with E-state index < -0.39 is 6.16 Å². The first-order chi connectivity index (χ1) is 8.17. The zero-order valence-corrected chi connectivity index (χ0v) is 10.6. The van der Waals surface area contributed by atoms with Gasteiger partial charge in [0, 0.05) is 12.2 Å². The molecule has 0 aliphatic heterocycles. The van der Waals surface area contributed by atoms with E-state index in [4.69, 9.17) is 4.74 Å². The Balaban J connectivity index is 2.51. The van der Waals surface area contributed by atoms with Crippen molar-refractivity contribution in [3.8, 4) is 0 Å². The number of methoxy groups -OCH3 is 1. The SMILES string of the molecule is CCN(CCOC(=O)OC)c1cccc(C)c1. The van der Waals surface area contributed by atoms with Crippen molar-refractivity contribution >= 4 is 11.8 Å². The first kappa shape index (κ1) is 13.4. The van der Waals surface area contributed by atoms with Gasteiger partial charge >= 0.3 is 6.16 Å². The van der Waals surface area contributed by atoms with Crippen molar-refractivity contribution in [3.63, 3.8) is 0 Å². The molecule has 94 valence electrons. The highest BCUT2D eigenvalue weighted by Crippen LogP contribution is 2.15. The van der Waals surface area contributed by atoms with Gasteiger partial charge in [-0.15, -0.1) is 0 Å². The van der Waals surface area contributed by atoms with Gasteiger partial charge in [-0.1, -0.05) is 12.1 Å². The fraction of sp³-hybridized carbons (Fsp3) is 0.462. The van der Waals surface area contributed by atoms with Gasteiger partial charge in [-0.25, -0.2) is 4.79 Å². The number of carbonyl (C=O) groups is 1. The molecule has 0 unspecified atom stereocenters. The summed E-state index contributed by atoms with van der Waals surface area (Å²) >= 11 is 0. The summed E-state index contributed by atoms with van der Waals surface area (Å²) < 4.78 is 9.28. The lowest BCUT2D eigenvalue weighted by atomic mass is 10.2. The monoisotopic (exact) mass is 237 g/mol. The van der Waals surface area contributed by atoms with Gasteiger partial charge in [0.2, 0.25) is 0 Å². The molecule has 0 heterocycles. The standard InChI is InChI=1S/C13H19NO3/c1-4-14(8-9-17-13(15)16-3)12-7-5-6-11(2)10-12/h5-7,10H,4,8-9H2,1-3H3. The maximum atomic E-state index is 10.8. The first-order valence-corrected chi connectivity index (χ1v) is 5.69. The number of ether oxygens (including phenoxy) is 2. The molecule has 0 aromatic heterocycles. The van der Waals surface area contributed by atoms with Gasteiger partial charge < -0.3 is 14.4 Å². The molecule has 0 spiro atoms. The second kappa shape index (κ2) is 6.78. The van der Waals surface area contributed by atoms with Gasteiger partial charge in [0.1, 0.15) is 6.61 Å². The number of benzene rings is 1. The Hall–Kier alpha value is -1.71. The highest BCUT2D eigenvalue weighted by atomic mass is 16.7. The van der Waals surface area contributed by atoms with Crippen LogP contribution in [0.15, 0.2) is 24.3 Å².